The van der Waals surface area contributed by atoms with Crippen LogP contribution in [-0.2, 0) is 0 Å². The van der Waals surface area contributed by atoms with Gasteiger partial charge < -0.3 is 9.80 Å². The van der Waals surface area contributed by atoms with Crippen LogP contribution in [-0.4, -0.2) is 47.0 Å². The summed E-state index contributed by atoms with van der Waals surface area (Å²) in [6.45, 7) is 5.11. The third-order valence-corrected chi connectivity index (χ3v) is 4.41. The summed E-state index contributed by atoms with van der Waals surface area (Å²) < 4.78 is 0.972. The second-order valence-electron chi connectivity index (χ2n) is 5.72. The number of rotatable bonds is 2. The third kappa shape index (κ3) is 3.88. The van der Waals surface area contributed by atoms with Crippen molar-refractivity contribution >= 4 is 27.7 Å². The van der Waals surface area contributed by atoms with E-state index in [0.29, 0.717) is 12.1 Å². The molecule has 3 rings (SSSR count). The summed E-state index contributed by atoms with van der Waals surface area (Å²) in [6, 6.07) is 5.90. The smallest absolute Gasteiger partial charge is 0.255 e. The maximum absolute atomic E-state index is 12.6. The van der Waals surface area contributed by atoms with Gasteiger partial charge in [-0.15, -0.1) is 0 Å². The molecule has 1 aliphatic heterocycles. The second kappa shape index (κ2) is 7.08. The molecule has 0 radical (unpaired) electrons. The van der Waals surface area contributed by atoms with E-state index < -0.39 is 0 Å². The molecular formula is C17H19BrN4O. The molecule has 1 fully saturated rings. The van der Waals surface area contributed by atoms with Gasteiger partial charge in [0.15, 0.2) is 0 Å². The van der Waals surface area contributed by atoms with E-state index in [-0.39, 0.29) is 5.91 Å². The van der Waals surface area contributed by atoms with Crippen LogP contribution in [0.15, 0.2) is 41.3 Å². The number of amides is 1. The Bertz CT molecular complexity index is 689. The van der Waals surface area contributed by atoms with Gasteiger partial charge in [0.2, 0.25) is 0 Å². The van der Waals surface area contributed by atoms with E-state index in [4.69, 9.17) is 0 Å². The Morgan fingerprint density at radius 3 is 2.74 bits per heavy atom. The van der Waals surface area contributed by atoms with Crippen LogP contribution in [0.2, 0.25) is 0 Å². The number of pyridine rings is 2. The van der Waals surface area contributed by atoms with Crippen LogP contribution in [0.25, 0.3) is 0 Å². The van der Waals surface area contributed by atoms with Crippen molar-refractivity contribution in [1.29, 1.82) is 0 Å². The molecule has 2 aromatic rings. The van der Waals surface area contributed by atoms with Gasteiger partial charge in [0.1, 0.15) is 5.82 Å². The van der Waals surface area contributed by atoms with E-state index >= 15 is 0 Å². The molecule has 0 bridgehead atoms. The molecule has 0 spiro atoms. The summed E-state index contributed by atoms with van der Waals surface area (Å²) in [6.07, 6.45) is 6.15. The third-order valence-electron chi connectivity index (χ3n) is 3.94. The van der Waals surface area contributed by atoms with Crippen molar-refractivity contribution in [1.82, 2.24) is 14.9 Å². The van der Waals surface area contributed by atoms with Crippen molar-refractivity contribution in [3.8, 4) is 0 Å². The predicted octanol–water partition coefficient (Wildman–Crippen LogP) is 2.90. The lowest BCUT2D eigenvalue weighted by atomic mass is 10.2. The molecule has 1 aliphatic rings. The number of hydrogen-bond donors (Lipinski definition) is 0. The summed E-state index contributed by atoms with van der Waals surface area (Å²) in [5.74, 6) is 1.02. The van der Waals surface area contributed by atoms with Gasteiger partial charge >= 0.3 is 0 Å². The van der Waals surface area contributed by atoms with Crippen molar-refractivity contribution in [2.75, 3.05) is 31.1 Å². The van der Waals surface area contributed by atoms with Crippen LogP contribution in [0.4, 0.5) is 5.82 Å². The Hall–Kier alpha value is -1.95. The van der Waals surface area contributed by atoms with Crippen molar-refractivity contribution in [2.24, 2.45) is 0 Å². The lowest BCUT2D eigenvalue weighted by Crippen LogP contribution is -2.35. The maximum atomic E-state index is 12.6. The van der Waals surface area contributed by atoms with Crippen LogP contribution >= 0.6 is 15.9 Å². The first-order valence-corrected chi connectivity index (χ1v) is 8.50. The van der Waals surface area contributed by atoms with Crippen molar-refractivity contribution in [3.05, 3.63) is 52.4 Å². The largest absolute Gasteiger partial charge is 0.355 e. The van der Waals surface area contributed by atoms with Crippen LogP contribution in [0.3, 0.4) is 0 Å². The summed E-state index contributed by atoms with van der Waals surface area (Å²) in [5, 5.41) is 0. The molecule has 0 atom stereocenters. The molecule has 0 unspecified atom stereocenters. The molecule has 1 saturated heterocycles. The highest BCUT2D eigenvalue weighted by atomic mass is 79.9. The van der Waals surface area contributed by atoms with Crippen LogP contribution in [0.5, 0.6) is 0 Å². The zero-order chi connectivity index (χ0) is 16.2. The molecule has 3 heterocycles. The average Bonchev–Trinajstić information content (AvgIpc) is 2.81. The first-order chi connectivity index (χ1) is 11.1. The first-order valence-electron chi connectivity index (χ1n) is 7.71. The Labute approximate surface area is 144 Å². The lowest BCUT2D eigenvalue weighted by Gasteiger charge is -2.23. The van der Waals surface area contributed by atoms with E-state index in [1.54, 1.807) is 12.4 Å². The zero-order valence-corrected chi connectivity index (χ0v) is 14.7. The summed E-state index contributed by atoms with van der Waals surface area (Å²) >= 11 is 3.41. The van der Waals surface area contributed by atoms with Gasteiger partial charge in [0.05, 0.1) is 5.56 Å². The van der Waals surface area contributed by atoms with Gasteiger partial charge in [-0.1, -0.05) is 0 Å². The predicted molar refractivity (Wildman–Crippen MR) is 93.6 cm³/mol. The summed E-state index contributed by atoms with van der Waals surface area (Å²) in [5.41, 5.74) is 1.67. The molecule has 1 amide bonds. The molecule has 120 valence electrons. The average molecular weight is 375 g/mol. The highest BCUT2D eigenvalue weighted by molar-refractivity contribution is 9.10. The molecular weight excluding hydrogens is 356 g/mol. The fourth-order valence-corrected chi connectivity index (χ4v) is 2.99. The van der Waals surface area contributed by atoms with Crippen LogP contribution < -0.4 is 4.90 Å². The monoisotopic (exact) mass is 374 g/mol. The minimum absolute atomic E-state index is 0.0619. The Morgan fingerprint density at radius 2 is 2.00 bits per heavy atom. The summed E-state index contributed by atoms with van der Waals surface area (Å²) in [7, 11) is 0. The number of aromatic nitrogens is 2. The van der Waals surface area contributed by atoms with Crippen LogP contribution in [0.1, 0.15) is 22.3 Å². The van der Waals surface area contributed by atoms with E-state index in [2.05, 4.69) is 30.8 Å². The van der Waals surface area contributed by atoms with Crippen LogP contribution in [0, 0.1) is 6.92 Å². The van der Waals surface area contributed by atoms with E-state index in [9.17, 15) is 4.79 Å². The van der Waals surface area contributed by atoms with Gasteiger partial charge in [-0.2, -0.15) is 0 Å². The van der Waals surface area contributed by atoms with E-state index in [1.807, 2.05) is 36.2 Å². The fraction of sp³-hybridized carbons (Fsp3) is 0.353. The van der Waals surface area contributed by atoms with E-state index in [0.717, 1.165) is 41.9 Å². The van der Waals surface area contributed by atoms with Crippen molar-refractivity contribution in [3.63, 3.8) is 0 Å². The SMILES string of the molecule is Cc1cncc(C(=O)N2CCCN(c3ccc(Br)cn3)CC2)c1. The number of aryl methyl sites for hydroxylation is 1. The number of nitrogens with zero attached hydrogens (tertiary/aromatic N) is 4. The van der Waals surface area contributed by atoms with Crippen molar-refractivity contribution < 1.29 is 4.79 Å². The molecule has 2 aromatic heterocycles. The number of hydrogen-bond acceptors (Lipinski definition) is 4. The minimum Gasteiger partial charge on any atom is -0.355 e. The highest BCUT2D eigenvalue weighted by Crippen LogP contribution is 2.17. The molecule has 6 heteroatoms. The first kappa shape index (κ1) is 15.9. The van der Waals surface area contributed by atoms with Crippen molar-refractivity contribution in [2.45, 2.75) is 13.3 Å². The lowest BCUT2D eigenvalue weighted by molar-refractivity contribution is 0.0766. The highest BCUT2D eigenvalue weighted by Gasteiger charge is 2.21. The number of carbonyl (C=O) groups excluding carboxylic acids is 1. The molecule has 5 nitrogen and oxygen atoms in total. The number of halogens is 1. The maximum Gasteiger partial charge on any atom is 0.255 e. The molecule has 0 aromatic carbocycles. The topological polar surface area (TPSA) is 49.3 Å². The fourth-order valence-electron chi connectivity index (χ4n) is 2.76. The normalized spacial score (nSPS) is 15.4. The second-order valence-corrected chi connectivity index (χ2v) is 6.63. The minimum atomic E-state index is 0.0619. The molecule has 23 heavy (non-hydrogen) atoms. The van der Waals surface area contributed by atoms with Gasteiger partial charge in [-0.05, 0) is 53.0 Å². The molecule has 0 N–H and O–H groups in total. The Kier molecular flexibility index (Phi) is 4.91. The van der Waals surface area contributed by atoms with Gasteiger partial charge in [-0.25, -0.2) is 4.98 Å². The number of anilines is 1. The quantitative estimate of drug-likeness (QED) is 0.810. The molecule has 0 saturated carbocycles. The summed E-state index contributed by atoms with van der Waals surface area (Å²) in [4.78, 5) is 25.4. The Morgan fingerprint density at radius 1 is 1.13 bits per heavy atom. The number of carbonyl (C=O) groups is 1. The molecule has 0 aliphatic carbocycles. The van der Waals surface area contributed by atoms with Gasteiger partial charge in [0, 0.05) is 49.2 Å². The van der Waals surface area contributed by atoms with Gasteiger partial charge in [-0.3, -0.25) is 9.78 Å². The Balaban J connectivity index is 1.68. The van der Waals surface area contributed by atoms with E-state index in [1.165, 1.54) is 0 Å². The standard InChI is InChI=1S/C17H19BrN4O/c1-13-9-14(11-19-10-13)17(23)22-6-2-5-21(7-8-22)16-4-3-15(18)12-20-16/h3-4,9-12H,2,5-8H2,1H3. The zero-order valence-electron chi connectivity index (χ0n) is 13.1. The van der Waals surface area contributed by atoms with Gasteiger partial charge in [0.25, 0.3) is 5.91 Å².